The summed E-state index contributed by atoms with van der Waals surface area (Å²) in [5, 5.41) is 6.96. The number of hydrogen-bond acceptors (Lipinski definition) is 4. The highest BCUT2D eigenvalue weighted by Crippen LogP contribution is 2.43. The number of aromatic nitrogens is 1. The van der Waals surface area contributed by atoms with E-state index in [1.165, 1.54) is 12.1 Å². The lowest BCUT2D eigenvalue weighted by Crippen LogP contribution is -2.31. The van der Waals surface area contributed by atoms with Gasteiger partial charge in [-0.15, -0.1) is 0 Å². The maximum Gasteiger partial charge on any atom is 0.232 e. The number of carbonyl (C=O) groups is 1. The van der Waals surface area contributed by atoms with Crippen molar-refractivity contribution < 1.29 is 18.4 Å². The first-order chi connectivity index (χ1) is 14.7. The van der Waals surface area contributed by atoms with E-state index >= 15 is 0 Å². The SMILES string of the molecule is O=C(NCc1cc(-c2ccc(F)cc2)on1)C1c2ccccc2Oc2ccccc21. The predicted molar refractivity (Wildman–Crippen MR) is 109 cm³/mol. The molecule has 0 saturated carbocycles. The van der Waals surface area contributed by atoms with Crippen molar-refractivity contribution in [2.75, 3.05) is 0 Å². The van der Waals surface area contributed by atoms with Gasteiger partial charge in [0, 0.05) is 22.8 Å². The molecule has 1 aliphatic heterocycles. The molecule has 0 saturated heterocycles. The van der Waals surface area contributed by atoms with Gasteiger partial charge in [0.05, 0.1) is 12.5 Å². The van der Waals surface area contributed by atoms with E-state index in [0.717, 1.165) is 11.1 Å². The maximum atomic E-state index is 13.1. The second-order valence-corrected chi connectivity index (χ2v) is 7.02. The van der Waals surface area contributed by atoms with Crippen molar-refractivity contribution in [3.63, 3.8) is 0 Å². The summed E-state index contributed by atoms with van der Waals surface area (Å²) in [5.41, 5.74) is 2.94. The smallest absolute Gasteiger partial charge is 0.232 e. The Kier molecular flexibility index (Phi) is 4.52. The quantitative estimate of drug-likeness (QED) is 0.522. The third kappa shape index (κ3) is 3.33. The molecular formula is C24H17FN2O3. The molecule has 148 valence electrons. The molecule has 2 heterocycles. The summed E-state index contributed by atoms with van der Waals surface area (Å²) in [6.07, 6.45) is 0. The van der Waals surface area contributed by atoms with E-state index in [4.69, 9.17) is 9.26 Å². The highest BCUT2D eigenvalue weighted by Gasteiger charge is 2.32. The Morgan fingerprint density at radius 3 is 2.23 bits per heavy atom. The van der Waals surface area contributed by atoms with Gasteiger partial charge < -0.3 is 14.6 Å². The number of carbonyl (C=O) groups excluding carboxylic acids is 1. The van der Waals surface area contributed by atoms with Gasteiger partial charge in [-0.1, -0.05) is 41.6 Å². The Morgan fingerprint density at radius 2 is 1.57 bits per heavy atom. The molecule has 30 heavy (non-hydrogen) atoms. The summed E-state index contributed by atoms with van der Waals surface area (Å²) in [7, 11) is 0. The lowest BCUT2D eigenvalue weighted by atomic mass is 9.87. The lowest BCUT2D eigenvalue weighted by Gasteiger charge is -2.27. The number of fused-ring (bicyclic) bond motifs is 2. The van der Waals surface area contributed by atoms with E-state index in [2.05, 4.69) is 10.5 Å². The minimum Gasteiger partial charge on any atom is -0.457 e. The van der Waals surface area contributed by atoms with Crippen LogP contribution < -0.4 is 10.1 Å². The van der Waals surface area contributed by atoms with Crippen LogP contribution in [0.25, 0.3) is 11.3 Å². The summed E-state index contributed by atoms with van der Waals surface area (Å²) in [5.74, 6) is 0.927. The molecule has 1 aromatic heterocycles. The molecular weight excluding hydrogens is 383 g/mol. The molecule has 0 fully saturated rings. The molecule has 0 radical (unpaired) electrons. The van der Waals surface area contributed by atoms with Gasteiger partial charge >= 0.3 is 0 Å². The summed E-state index contributed by atoms with van der Waals surface area (Å²) >= 11 is 0. The number of benzene rings is 3. The van der Waals surface area contributed by atoms with E-state index in [9.17, 15) is 9.18 Å². The largest absolute Gasteiger partial charge is 0.457 e. The number of ether oxygens (including phenoxy) is 1. The number of nitrogens with one attached hydrogen (secondary N) is 1. The first-order valence-electron chi connectivity index (χ1n) is 9.54. The van der Waals surface area contributed by atoms with E-state index in [0.29, 0.717) is 28.5 Å². The number of nitrogens with zero attached hydrogens (tertiary/aromatic N) is 1. The average molecular weight is 400 g/mol. The molecule has 3 aromatic carbocycles. The van der Waals surface area contributed by atoms with Gasteiger partial charge in [0.25, 0.3) is 0 Å². The van der Waals surface area contributed by atoms with E-state index in [1.54, 1.807) is 18.2 Å². The van der Waals surface area contributed by atoms with Crippen LogP contribution in [0.3, 0.4) is 0 Å². The summed E-state index contributed by atoms with van der Waals surface area (Å²) in [6, 6.07) is 22.8. The molecule has 0 bridgehead atoms. The van der Waals surface area contributed by atoms with Gasteiger partial charge in [-0.3, -0.25) is 4.79 Å². The predicted octanol–water partition coefficient (Wildman–Crippen LogP) is 5.03. The zero-order valence-corrected chi connectivity index (χ0v) is 15.8. The average Bonchev–Trinajstić information content (AvgIpc) is 3.25. The monoisotopic (exact) mass is 400 g/mol. The van der Waals surface area contributed by atoms with Crippen LogP contribution >= 0.6 is 0 Å². The zero-order chi connectivity index (χ0) is 20.5. The van der Waals surface area contributed by atoms with Gasteiger partial charge in [-0.05, 0) is 36.4 Å². The lowest BCUT2D eigenvalue weighted by molar-refractivity contribution is -0.122. The van der Waals surface area contributed by atoms with Gasteiger partial charge in [-0.2, -0.15) is 0 Å². The Labute approximate surface area is 172 Å². The Morgan fingerprint density at radius 1 is 0.933 bits per heavy atom. The van der Waals surface area contributed by atoms with Crippen molar-refractivity contribution in [3.05, 3.63) is 102 Å². The Bertz CT molecular complexity index is 1170. The fraction of sp³-hybridized carbons (Fsp3) is 0.0833. The fourth-order valence-corrected chi connectivity index (χ4v) is 3.62. The third-order valence-electron chi connectivity index (χ3n) is 5.07. The van der Waals surface area contributed by atoms with Crippen molar-refractivity contribution >= 4 is 5.91 Å². The maximum absolute atomic E-state index is 13.1. The Balaban J connectivity index is 1.36. The van der Waals surface area contributed by atoms with Crippen LogP contribution in [0.4, 0.5) is 4.39 Å². The van der Waals surface area contributed by atoms with Crippen molar-refractivity contribution in [3.8, 4) is 22.8 Å². The molecule has 0 aliphatic carbocycles. The van der Waals surface area contributed by atoms with Crippen LogP contribution in [0.1, 0.15) is 22.7 Å². The van der Waals surface area contributed by atoms with Crippen LogP contribution in [-0.4, -0.2) is 11.1 Å². The standard InChI is InChI=1S/C24H17FN2O3/c25-16-11-9-15(10-12-16)22-13-17(27-30-22)14-26-24(28)23-18-5-1-3-7-20(18)29-21-8-4-2-6-19(21)23/h1-13,23H,14H2,(H,26,28). The zero-order valence-electron chi connectivity index (χ0n) is 15.8. The second kappa shape index (κ2) is 7.48. The highest BCUT2D eigenvalue weighted by atomic mass is 19.1. The topological polar surface area (TPSA) is 64.4 Å². The van der Waals surface area contributed by atoms with Crippen molar-refractivity contribution in [2.24, 2.45) is 0 Å². The Hall–Kier alpha value is -3.93. The van der Waals surface area contributed by atoms with Crippen molar-refractivity contribution in [1.82, 2.24) is 10.5 Å². The number of para-hydroxylation sites is 2. The first-order valence-corrected chi connectivity index (χ1v) is 9.54. The van der Waals surface area contributed by atoms with Crippen LogP contribution in [0.2, 0.25) is 0 Å². The molecule has 6 heteroatoms. The van der Waals surface area contributed by atoms with Crippen LogP contribution in [0.5, 0.6) is 11.5 Å². The molecule has 1 aliphatic rings. The van der Waals surface area contributed by atoms with Crippen molar-refractivity contribution in [2.45, 2.75) is 12.5 Å². The molecule has 1 N–H and O–H groups in total. The van der Waals surface area contributed by atoms with E-state index < -0.39 is 5.92 Å². The molecule has 0 unspecified atom stereocenters. The van der Waals surface area contributed by atoms with Crippen LogP contribution in [0.15, 0.2) is 83.4 Å². The van der Waals surface area contributed by atoms with E-state index in [1.807, 2.05) is 48.5 Å². The van der Waals surface area contributed by atoms with Gasteiger partial charge in [-0.25, -0.2) is 4.39 Å². The molecule has 1 amide bonds. The second-order valence-electron chi connectivity index (χ2n) is 7.02. The molecule has 0 atom stereocenters. The minimum absolute atomic E-state index is 0.149. The van der Waals surface area contributed by atoms with Gasteiger partial charge in [0.2, 0.25) is 5.91 Å². The molecule has 0 spiro atoms. The number of halogens is 1. The summed E-state index contributed by atoms with van der Waals surface area (Å²) in [6.45, 7) is 0.214. The summed E-state index contributed by atoms with van der Waals surface area (Å²) in [4.78, 5) is 13.1. The third-order valence-corrected chi connectivity index (χ3v) is 5.07. The highest BCUT2D eigenvalue weighted by molar-refractivity contribution is 5.89. The van der Waals surface area contributed by atoms with Gasteiger partial charge in [0.1, 0.15) is 23.0 Å². The molecule has 5 nitrogen and oxygen atoms in total. The normalized spacial score (nSPS) is 12.6. The first kappa shape index (κ1) is 18.1. The number of hydrogen-bond donors (Lipinski definition) is 1. The van der Waals surface area contributed by atoms with Crippen LogP contribution in [-0.2, 0) is 11.3 Å². The molecule has 5 rings (SSSR count). The van der Waals surface area contributed by atoms with Gasteiger partial charge in [0.15, 0.2) is 5.76 Å². The van der Waals surface area contributed by atoms with E-state index in [-0.39, 0.29) is 18.3 Å². The fourth-order valence-electron chi connectivity index (χ4n) is 3.62. The summed E-state index contributed by atoms with van der Waals surface area (Å²) < 4.78 is 24.4. The van der Waals surface area contributed by atoms with Crippen molar-refractivity contribution in [1.29, 1.82) is 0 Å². The number of amides is 1. The number of rotatable bonds is 4. The van der Waals surface area contributed by atoms with Crippen LogP contribution in [0, 0.1) is 5.82 Å². The molecule has 4 aromatic rings. The minimum atomic E-state index is -0.477.